The first-order valence-electron chi connectivity index (χ1n) is 6.18. The summed E-state index contributed by atoms with van der Waals surface area (Å²) in [6, 6.07) is 13.2. The molecule has 2 aromatic carbocycles. The highest BCUT2D eigenvalue weighted by atomic mass is 35.5. The monoisotopic (exact) mass is 284 g/mol. The number of hydrogen-bond acceptors (Lipinski definition) is 3. The van der Waals surface area contributed by atoms with Gasteiger partial charge in [0, 0.05) is 28.4 Å². The van der Waals surface area contributed by atoms with Gasteiger partial charge in [0.15, 0.2) is 0 Å². The van der Waals surface area contributed by atoms with E-state index in [1.165, 1.54) is 0 Å². The van der Waals surface area contributed by atoms with Crippen LogP contribution in [-0.2, 0) is 0 Å². The molecule has 3 aromatic rings. The highest BCUT2D eigenvalue weighted by Crippen LogP contribution is 2.41. The van der Waals surface area contributed by atoms with Crippen LogP contribution in [0.2, 0.25) is 5.02 Å². The van der Waals surface area contributed by atoms with E-state index in [0.29, 0.717) is 10.7 Å². The van der Waals surface area contributed by atoms with E-state index in [4.69, 9.17) is 22.1 Å². The molecule has 2 N–H and O–H groups in total. The van der Waals surface area contributed by atoms with Crippen molar-refractivity contribution in [3.05, 3.63) is 53.7 Å². The van der Waals surface area contributed by atoms with Crippen LogP contribution in [0.3, 0.4) is 0 Å². The van der Waals surface area contributed by atoms with Crippen LogP contribution in [0.5, 0.6) is 5.75 Å². The molecule has 0 aliphatic rings. The molecule has 0 spiro atoms. The molecule has 0 saturated carbocycles. The zero-order chi connectivity index (χ0) is 14.1. The standard InChI is InChI=1S/C16H13ClN2O/c1-20-16-10-5-2-3-8-14(10)19-9-11(16)15-12(17)6-4-7-13(15)18/h2-9H,18H2,1H3. The molecule has 4 heteroatoms. The summed E-state index contributed by atoms with van der Waals surface area (Å²) in [6.07, 6.45) is 1.75. The molecule has 0 radical (unpaired) electrons. The van der Waals surface area contributed by atoms with Crippen molar-refractivity contribution in [1.29, 1.82) is 0 Å². The van der Waals surface area contributed by atoms with E-state index in [0.717, 1.165) is 27.8 Å². The van der Waals surface area contributed by atoms with E-state index >= 15 is 0 Å². The van der Waals surface area contributed by atoms with Crippen molar-refractivity contribution >= 4 is 28.2 Å². The third kappa shape index (κ3) is 1.96. The number of fused-ring (bicyclic) bond motifs is 1. The number of halogens is 1. The number of nitrogens with zero attached hydrogens (tertiary/aromatic N) is 1. The van der Waals surface area contributed by atoms with Crippen molar-refractivity contribution in [2.75, 3.05) is 12.8 Å². The van der Waals surface area contributed by atoms with Crippen LogP contribution in [-0.4, -0.2) is 12.1 Å². The van der Waals surface area contributed by atoms with Crippen molar-refractivity contribution in [2.24, 2.45) is 0 Å². The third-order valence-corrected chi connectivity index (χ3v) is 3.56. The quantitative estimate of drug-likeness (QED) is 0.719. The predicted octanol–water partition coefficient (Wildman–Crippen LogP) is 4.15. The Balaban J connectivity index is 2.37. The number of para-hydroxylation sites is 1. The summed E-state index contributed by atoms with van der Waals surface area (Å²) < 4.78 is 5.57. The molecular weight excluding hydrogens is 272 g/mol. The molecule has 0 bridgehead atoms. The SMILES string of the molecule is COc1c(-c2c(N)cccc2Cl)cnc2ccccc12. The molecule has 100 valence electrons. The maximum Gasteiger partial charge on any atom is 0.137 e. The number of nitrogens with two attached hydrogens (primary N) is 1. The number of hydrogen-bond donors (Lipinski definition) is 1. The molecule has 0 unspecified atom stereocenters. The fraction of sp³-hybridized carbons (Fsp3) is 0.0625. The van der Waals surface area contributed by atoms with Crippen LogP contribution in [0.15, 0.2) is 48.7 Å². The van der Waals surface area contributed by atoms with Gasteiger partial charge >= 0.3 is 0 Å². The average Bonchev–Trinajstić information content (AvgIpc) is 2.46. The van der Waals surface area contributed by atoms with Crippen molar-refractivity contribution in [1.82, 2.24) is 4.98 Å². The second-order valence-electron chi connectivity index (χ2n) is 4.43. The summed E-state index contributed by atoms with van der Waals surface area (Å²) >= 11 is 6.28. The van der Waals surface area contributed by atoms with Crippen LogP contribution in [0.4, 0.5) is 5.69 Å². The number of anilines is 1. The Kier molecular flexibility index (Phi) is 3.20. The molecule has 0 aliphatic heterocycles. The molecule has 0 amide bonds. The molecule has 0 saturated heterocycles. The lowest BCUT2D eigenvalue weighted by molar-refractivity contribution is 0.421. The van der Waals surface area contributed by atoms with E-state index in [9.17, 15) is 0 Å². The van der Waals surface area contributed by atoms with Crippen LogP contribution in [0.25, 0.3) is 22.0 Å². The minimum atomic E-state index is 0.584. The lowest BCUT2D eigenvalue weighted by Crippen LogP contribution is -1.96. The highest BCUT2D eigenvalue weighted by molar-refractivity contribution is 6.34. The van der Waals surface area contributed by atoms with Gasteiger partial charge in [-0.15, -0.1) is 0 Å². The molecule has 1 aromatic heterocycles. The Labute approximate surface area is 122 Å². The van der Waals surface area contributed by atoms with Crippen molar-refractivity contribution < 1.29 is 4.74 Å². The smallest absolute Gasteiger partial charge is 0.137 e. The Hall–Kier alpha value is -2.26. The highest BCUT2D eigenvalue weighted by Gasteiger charge is 2.15. The molecule has 3 rings (SSSR count). The van der Waals surface area contributed by atoms with Crippen molar-refractivity contribution in [2.45, 2.75) is 0 Å². The molecule has 0 atom stereocenters. The second-order valence-corrected chi connectivity index (χ2v) is 4.83. The number of ether oxygens (including phenoxy) is 1. The molecule has 20 heavy (non-hydrogen) atoms. The third-order valence-electron chi connectivity index (χ3n) is 3.25. The van der Waals surface area contributed by atoms with Gasteiger partial charge in [0.1, 0.15) is 5.75 Å². The van der Waals surface area contributed by atoms with E-state index in [-0.39, 0.29) is 0 Å². The van der Waals surface area contributed by atoms with Crippen molar-refractivity contribution in [3.63, 3.8) is 0 Å². The number of methoxy groups -OCH3 is 1. The Morgan fingerprint density at radius 3 is 2.65 bits per heavy atom. The first-order valence-corrected chi connectivity index (χ1v) is 6.56. The normalized spacial score (nSPS) is 10.7. The summed E-state index contributed by atoms with van der Waals surface area (Å²) in [5.74, 6) is 0.732. The van der Waals surface area contributed by atoms with Gasteiger partial charge in [-0.25, -0.2) is 0 Å². The number of nitrogen functional groups attached to an aromatic ring is 1. The van der Waals surface area contributed by atoms with E-state index in [2.05, 4.69) is 4.98 Å². The van der Waals surface area contributed by atoms with Crippen LogP contribution in [0, 0.1) is 0 Å². The van der Waals surface area contributed by atoms with Gasteiger partial charge in [-0.05, 0) is 24.3 Å². The molecule has 3 nitrogen and oxygen atoms in total. The van der Waals surface area contributed by atoms with Gasteiger partial charge in [0.2, 0.25) is 0 Å². The molecule has 0 aliphatic carbocycles. The second kappa shape index (κ2) is 5.02. The first-order chi connectivity index (χ1) is 9.72. The maximum atomic E-state index is 6.28. The maximum absolute atomic E-state index is 6.28. The van der Waals surface area contributed by atoms with Gasteiger partial charge in [-0.1, -0.05) is 29.8 Å². The predicted molar refractivity (Wildman–Crippen MR) is 83.2 cm³/mol. The van der Waals surface area contributed by atoms with E-state index < -0.39 is 0 Å². The summed E-state index contributed by atoms with van der Waals surface area (Å²) in [5.41, 5.74) is 9.09. The zero-order valence-corrected chi connectivity index (χ0v) is 11.7. The Bertz CT molecular complexity index is 766. The Morgan fingerprint density at radius 2 is 1.90 bits per heavy atom. The van der Waals surface area contributed by atoms with Crippen molar-refractivity contribution in [3.8, 4) is 16.9 Å². The summed E-state index contributed by atoms with van der Waals surface area (Å²) in [6.45, 7) is 0. The lowest BCUT2D eigenvalue weighted by Gasteiger charge is -2.14. The zero-order valence-electron chi connectivity index (χ0n) is 10.9. The van der Waals surface area contributed by atoms with Gasteiger partial charge < -0.3 is 10.5 Å². The average molecular weight is 285 g/mol. The number of rotatable bonds is 2. The van der Waals surface area contributed by atoms with Crippen LogP contribution in [0.1, 0.15) is 0 Å². The van der Waals surface area contributed by atoms with Gasteiger partial charge in [0.05, 0.1) is 17.6 Å². The van der Waals surface area contributed by atoms with E-state index in [1.54, 1.807) is 13.3 Å². The van der Waals surface area contributed by atoms with E-state index in [1.807, 2.05) is 42.5 Å². The van der Waals surface area contributed by atoms with Gasteiger partial charge in [-0.3, -0.25) is 4.98 Å². The topological polar surface area (TPSA) is 48.1 Å². The fourth-order valence-electron chi connectivity index (χ4n) is 2.34. The largest absolute Gasteiger partial charge is 0.495 e. The molecule has 1 heterocycles. The Morgan fingerprint density at radius 1 is 1.10 bits per heavy atom. The van der Waals surface area contributed by atoms with Crippen LogP contribution >= 0.6 is 11.6 Å². The number of aromatic nitrogens is 1. The molecule has 0 fully saturated rings. The fourth-order valence-corrected chi connectivity index (χ4v) is 2.62. The van der Waals surface area contributed by atoms with Gasteiger partial charge in [-0.2, -0.15) is 0 Å². The molecular formula is C16H13ClN2O. The summed E-state index contributed by atoms with van der Waals surface area (Å²) in [7, 11) is 1.64. The van der Waals surface area contributed by atoms with Gasteiger partial charge in [0.25, 0.3) is 0 Å². The summed E-state index contributed by atoms with van der Waals surface area (Å²) in [5, 5.41) is 1.52. The number of benzene rings is 2. The minimum Gasteiger partial charge on any atom is -0.495 e. The first kappa shape index (κ1) is 12.8. The summed E-state index contributed by atoms with van der Waals surface area (Å²) in [4.78, 5) is 4.45. The van der Waals surface area contributed by atoms with Crippen LogP contribution < -0.4 is 10.5 Å². The lowest BCUT2D eigenvalue weighted by atomic mass is 10.0. The number of pyridine rings is 1. The minimum absolute atomic E-state index is 0.584.